The van der Waals surface area contributed by atoms with Gasteiger partial charge in [-0.25, -0.2) is 0 Å². The Morgan fingerprint density at radius 1 is 0.983 bits per heavy atom. The molecule has 2 aliphatic heterocycles. The predicted octanol–water partition coefficient (Wildman–Crippen LogP) is 9.98. The van der Waals surface area contributed by atoms with Gasteiger partial charge in [0, 0.05) is 59.6 Å². The van der Waals surface area contributed by atoms with Crippen molar-refractivity contribution in [2.75, 3.05) is 30.3 Å². The van der Waals surface area contributed by atoms with Gasteiger partial charge in [-0.1, -0.05) is 81.5 Å². The topological polar surface area (TPSA) is 98.9 Å². The van der Waals surface area contributed by atoms with Crippen molar-refractivity contribution >= 4 is 33.1 Å². The van der Waals surface area contributed by atoms with Gasteiger partial charge in [0.05, 0.1) is 11.2 Å². The van der Waals surface area contributed by atoms with Crippen LogP contribution in [0.3, 0.4) is 0 Å². The van der Waals surface area contributed by atoms with Gasteiger partial charge in [0.1, 0.15) is 18.1 Å². The van der Waals surface area contributed by atoms with Gasteiger partial charge in [-0.2, -0.15) is 13.0 Å². The van der Waals surface area contributed by atoms with Crippen LogP contribution >= 0.6 is 0 Å². The van der Waals surface area contributed by atoms with E-state index in [1.165, 1.54) is 28.1 Å². The first-order valence-corrected chi connectivity index (χ1v) is 22.2. The number of nitrogens with zero attached hydrogens (tertiary/aromatic N) is 2. The summed E-state index contributed by atoms with van der Waals surface area (Å²) in [6.07, 6.45) is 13.6. The summed E-state index contributed by atoms with van der Waals surface area (Å²) in [5.74, 6) is 1.15. The van der Waals surface area contributed by atoms with Crippen molar-refractivity contribution in [1.29, 1.82) is 0 Å². The van der Waals surface area contributed by atoms with Crippen LogP contribution in [0.25, 0.3) is 0 Å². The zero-order chi connectivity index (χ0) is 41.8. The molecule has 0 radical (unpaired) electrons. The molecule has 306 valence electrons. The maximum Gasteiger partial charge on any atom is 0.265 e. The van der Waals surface area contributed by atoms with Crippen molar-refractivity contribution in [3.8, 4) is 5.75 Å². The standard InChI is InChI=1S/C49H59N3O5S/c1-9-30-51-43-25-18-35(4)33-41(43)49(7,8)45(51)27-22-38-15-12-14-37(46(38)57-39-23-19-36(20-24-39)28-29-50-47(53)34(2)3)21-26-44-48(5,6)40-16-10-11-17-42(40)52(44)31-13-32-58(54,55)56/h10-11,16-27,33H,2,9,12-15,28-32H2,1,3-8H3,(H-,50,53,54,55,56)/p+1. The van der Waals surface area contributed by atoms with Crippen LogP contribution in [0.2, 0.25) is 0 Å². The summed E-state index contributed by atoms with van der Waals surface area (Å²) in [6.45, 7) is 20.8. The molecule has 3 aromatic carbocycles. The quantitative estimate of drug-likeness (QED) is 0.0902. The number of hydrogen-bond donors (Lipinski definition) is 2. The molecule has 0 bridgehead atoms. The van der Waals surface area contributed by atoms with Crippen molar-refractivity contribution in [3.63, 3.8) is 0 Å². The molecule has 0 fully saturated rings. The zero-order valence-corrected chi connectivity index (χ0v) is 36.1. The molecule has 8 nitrogen and oxygen atoms in total. The molecule has 0 atom stereocenters. The normalized spacial score (nSPS) is 18.7. The fourth-order valence-electron chi connectivity index (χ4n) is 8.56. The predicted molar refractivity (Wildman–Crippen MR) is 237 cm³/mol. The highest BCUT2D eigenvalue weighted by molar-refractivity contribution is 7.85. The molecule has 0 aromatic heterocycles. The highest BCUT2D eigenvalue weighted by Crippen LogP contribution is 2.48. The average molecular weight is 803 g/mol. The molecular weight excluding hydrogens is 743 g/mol. The molecule has 3 aromatic rings. The lowest BCUT2D eigenvalue weighted by atomic mass is 9.81. The number of benzene rings is 3. The van der Waals surface area contributed by atoms with Crippen LogP contribution in [-0.2, 0) is 32.2 Å². The maximum absolute atomic E-state index is 12.0. The van der Waals surface area contributed by atoms with E-state index in [0.717, 1.165) is 71.8 Å². The molecule has 2 heterocycles. The second-order valence-corrected chi connectivity index (χ2v) is 18.5. The van der Waals surface area contributed by atoms with Gasteiger partial charge in [-0.3, -0.25) is 9.35 Å². The Morgan fingerprint density at radius 3 is 2.43 bits per heavy atom. The van der Waals surface area contributed by atoms with Crippen LogP contribution in [0, 0.1) is 6.92 Å². The van der Waals surface area contributed by atoms with Crippen molar-refractivity contribution in [2.45, 2.75) is 97.8 Å². The summed E-state index contributed by atoms with van der Waals surface area (Å²) >= 11 is 0. The maximum atomic E-state index is 12.0. The van der Waals surface area contributed by atoms with Crippen LogP contribution in [-0.4, -0.2) is 54.6 Å². The lowest BCUT2D eigenvalue weighted by Crippen LogP contribution is -2.28. The lowest BCUT2D eigenvalue weighted by molar-refractivity contribution is -0.437. The number of ether oxygens (including phenoxy) is 1. The second-order valence-electron chi connectivity index (χ2n) is 16.9. The summed E-state index contributed by atoms with van der Waals surface area (Å²) in [4.78, 5) is 14.5. The van der Waals surface area contributed by atoms with Crippen molar-refractivity contribution in [3.05, 3.63) is 148 Å². The minimum atomic E-state index is -4.08. The molecule has 1 amide bonds. The molecule has 6 rings (SSSR count). The first-order chi connectivity index (χ1) is 27.5. The first-order valence-electron chi connectivity index (χ1n) is 20.6. The Bertz CT molecular complexity index is 2340. The van der Waals surface area contributed by atoms with E-state index in [-0.39, 0.29) is 22.5 Å². The Balaban J connectivity index is 1.40. The molecule has 0 unspecified atom stereocenters. The van der Waals surface area contributed by atoms with Crippen LogP contribution in [0.1, 0.15) is 95.9 Å². The van der Waals surface area contributed by atoms with E-state index in [1.54, 1.807) is 6.92 Å². The number of anilines is 1. The van der Waals surface area contributed by atoms with E-state index in [2.05, 4.69) is 118 Å². The van der Waals surface area contributed by atoms with Gasteiger partial charge in [-0.05, 0) is 112 Å². The minimum Gasteiger partial charge on any atom is -0.457 e. The molecule has 0 saturated heterocycles. The summed E-state index contributed by atoms with van der Waals surface area (Å²) in [6, 6.07) is 23.2. The molecule has 1 aliphatic carbocycles. The number of rotatable bonds is 15. The first kappa shape index (κ1) is 42.6. The van der Waals surface area contributed by atoms with Crippen LogP contribution < -0.4 is 15.0 Å². The molecule has 2 N–H and O–H groups in total. The number of carbonyl (C=O) groups excluding carboxylic acids is 1. The van der Waals surface area contributed by atoms with Gasteiger partial charge < -0.3 is 15.0 Å². The minimum absolute atomic E-state index is 0.138. The molecule has 3 aliphatic rings. The summed E-state index contributed by atoms with van der Waals surface area (Å²) in [7, 11) is -4.08. The molecule has 0 spiro atoms. The summed E-state index contributed by atoms with van der Waals surface area (Å²) < 4.78 is 42.0. The second kappa shape index (κ2) is 17.5. The molecule has 58 heavy (non-hydrogen) atoms. The van der Waals surface area contributed by atoms with Crippen molar-refractivity contribution in [2.24, 2.45) is 0 Å². The van der Waals surface area contributed by atoms with E-state index in [1.807, 2.05) is 36.4 Å². The third-order valence-electron chi connectivity index (χ3n) is 11.7. The van der Waals surface area contributed by atoms with Gasteiger partial charge in [0.2, 0.25) is 11.6 Å². The van der Waals surface area contributed by atoms with Crippen LogP contribution in [0.5, 0.6) is 5.75 Å². The number of hydrogen-bond acceptors (Lipinski definition) is 5. The fraction of sp³-hybridized carbons (Fsp3) is 0.388. The van der Waals surface area contributed by atoms with E-state index in [9.17, 15) is 17.8 Å². The number of para-hydroxylation sites is 1. The van der Waals surface area contributed by atoms with E-state index in [0.29, 0.717) is 31.5 Å². The zero-order valence-electron chi connectivity index (χ0n) is 35.3. The largest absolute Gasteiger partial charge is 0.457 e. The van der Waals surface area contributed by atoms with E-state index in [4.69, 9.17) is 4.74 Å². The number of carbonyl (C=O) groups is 1. The monoisotopic (exact) mass is 802 g/mol. The third-order valence-corrected chi connectivity index (χ3v) is 12.5. The fourth-order valence-corrected chi connectivity index (χ4v) is 9.06. The Morgan fingerprint density at radius 2 is 1.72 bits per heavy atom. The van der Waals surface area contributed by atoms with Crippen molar-refractivity contribution < 1.29 is 27.1 Å². The number of amides is 1. The third kappa shape index (κ3) is 9.32. The molecular formula is C49H60N3O5S+. The average Bonchev–Trinajstić information content (AvgIpc) is 3.51. The molecule has 0 saturated carbocycles. The summed E-state index contributed by atoms with van der Waals surface area (Å²) in [5, 5.41) is 2.91. The SMILES string of the molecule is C=C(C)C(=O)NCCc1ccc(OC2=C(/C=C/C3=[N+](CCCS(=O)(=O)O)c4ccccc4C3(C)C)CCC/C2=C\C=C2\N(CCC)c3ccc(C)cc3C2(C)C)cc1. The van der Waals surface area contributed by atoms with Crippen molar-refractivity contribution in [1.82, 2.24) is 5.32 Å². The van der Waals surface area contributed by atoms with Gasteiger partial charge in [-0.15, -0.1) is 0 Å². The summed E-state index contributed by atoms with van der Waals surface area (Å²) in [5.41, 5.74) is 11.7. The smallest absolute Gasteiger partial charge is 0.265 e. The molecule has 9 heteroatoms. The van der Waals surface area contributed by atoms with Crippen LogP contribution in [0.4, 0.5) is 11.4 Å². The Labute approximate surface area is 346 Å². The highest BCUT2D eigenvalue weighted by Gasteiger charge is 2.44. The number of aryl methyl sites for hydroxylation is 1. The Kier molecular flexibility index (Phi) is 12.8. The van der Waals surface area contributed by atoms with E-state index < -0.39 is 10.1 Å². The lowest BCUT2D eigenvalue weighted by Gasteiger charge is -2.27. The van der Waals surface area contributed by atoms with Gasteiger partial charge >= 0.3 is 0 Å². The highest BCUT2D eigenvalue weighted by atomic mass is 32.2. The Hall–Kier alpha value is -4.99. The number of fused-ring (bicyclic) bond motifs is 2. The van der Waals surface area contributed by atoms with E-state index >= 15 is 0 Å². The van der Waals surface area contributed by atoms with Gasteiger partial charge in [0.15, 0.2) is 5.71 Å². The van der Waals surface area contributed by atoms with Gasteiger partial charge in [0.25, 0.3) is 10.1 Å². The van der Waals surface area contributed by atoms with Crippen LogP contribution in [0.15, 0.2) is 126 Å². The number of nitrogens with one attached hydrogen (secondary N) is 1. The number of allylic oxidation sites excluding steroid dienone is 7.